The van der Waals surface area contributed by atoms with Gasteiger partial charge >= 0.3 is 6.36 Å². The molecule has 4 aromatic rings. The van der Waals surface area contributed by atoms with Gasteiger partial charge < -0.3 is 10.1 Å². The van der Waals surface area contributed by atoms with Gasteiger partial charge in [0, 0.05) is 0 Å². The fourth-order valence-electron chi connectivity index (χ4n) is 2.80. The molecule has 2 aromatic heterocycles. The Labute approximate surface area is 204 Å². The van der Waals surface area contributed by atoms with Gasteiger partial charge in [0.05, 0.1) is 23.7 Å². The predicted octanol–water partition coefficient (Wildman–Crippen LogP) is 5.95. The lowest BCUT2D eigenvalue weighted by Crippen LogP contribution is -2.17. The lowest BCUT2D eigenvalue weighted by Gasteiger charge is -2.10. The van der Waals surface area contributed by atoms with Crippen molar-refractivity contribution in [3.63, 3.8) is 0 Å². The number of alkyl halides is 3. The second-order valence-corrected chi connectivity index (χ2v) is 7.27. The first-order chi connectivity index (χ1) is 17.2. The van der Waals surface area contributed by atoms with Crippen LogP contribution in [0.1, 0.15) is 5.56 Å². The first-order valence-electron chi connectivity index (χ1n) is 9.90. The van der Waals surface area contributed by atoms with Crippen LogP contribution in [0.2, 0.25) is 5.15 Å². The van der Waals surface area contributed by atoms with E-state index in [0.29, 0.717) is 11.3 Å². The van der Waals surface area contributed by atoms with E-state index in [4.69, 9.17) is 11.6 Å². The zero-order chi connectivity index (χ0) is 25.7. The van der Waals surface area contributed by atoms with Gasteiger partial charge in [-0.15, -0.1) is 13.2 Å². The molecule has 8 nitrogen and oxygen atoms in total. The minimum atomic E-state index is -4.81. The smallest absolute Gasteiger partial charge is 0.406 e. The Kier molecular flexibility index (Phi) is 7.20. The number of nitrogens with zero attached hydrogens (tertiary/aromatic N) is 5. The van der Waals surface area contributed by atoms with E-state index < -0.39 is 29.3 Å². The summed E-state index contributed by atoms with van der Waals surface area (Å²) in [7, 11) is 0. The minimum Gasteiger partial charge on any atom is -0.406 e. The van der Waals surface area contributed by atoms with Gasteiger partial charge in [-0.2, -0.15) is 20.1 Å². The van der Waals surface area contributed by atoms with Gasteiger partial charge in [0.1, 0.15) is 22.5 Å². The number of hydrazone groups is 1. The molecule has 0 aliphatic heterocycles. The van der Waals surface area contributed by atoms with Crippen molar-refractivity contribution in [2.45, 2.75) is 6.36 Å². The van der Waals surface area contributed by atoms with Gasteiger partial charge in [-0.3, -0.25) is 0 Å². The van der Waals surface area contributed by atoms with E-state index in [1.165, 1.54) is 36.7 Å². The highest BCUT2D eigenvalue weighted by atomic mass is 35.5. The van der Waals surface area contributed by atoms with Crippen molar-refractivity contribution >= 4 is 35.4 Å². The maximum Gasteiger partial charge on any atom is 0.573 e. The highest BCUT2D eigenvalue weighted by molar-refractivity contribution is 6.29. The monoisotopic (exact) mass is 521 g/mol. The van der Waals surface area contributed by atoms with Crippen LogP contribution in [0.5, 0.6) is 5.75 Å². The second kappa shape index (κ2) is 10.5. The Balaban J connectivity index is 1.60. The van der Waals surface area contributed by atoms with Gasteiger partial charge in [0.15, 0.2) is 5.82 Å². The molecule has 2 aromatic carbocycles. The summed E-state index contributed by atoms with van der Waals surface area (Å²) >= 11 is 5.78. The molecule has 2 N–H and O–H groups in total. The molecule has 14 heteroatoms. The molecule has 0 amide bonds. The first-order valence-corrected chi connectivity index (χ1v) is 10.3. The van der Waals surface area contributed by atoms with Crippen LogP contribution in [-0.4, -0.2) is 32.5 Å². The summed E-state index contributed by atoms with van der Waals surface area (Å²) in [4.78, 5) is 16.1. The summed E-state index contributed by atoms with van der Waals surface area (Å²) in [6, 6.07) is 11.3. The molecule has 184 valence electrons. The van der Waals surface area contributed by atoms with Crippen molar-refractivity contribution in [2.24, 2.45) is 5.10 Å². The molecule has 0 radical (unpaired) electrons. The van der Waals surface area contributed by atoms with Crippen LogP contribution in [0.25, 0.3) is 11.4 Å². The third-order valence-corrected chi connectivity index (χ3v) is 4.52. The quantitative estimate of drug-likeness (QED) is 0.134. The maximum atomic E-state index is 14.4. The molecule has 4 rings (SSSR count). The van der Waals surface area contributed by atoms with Crippen molar-refractivity contribution in [3.8, 4) is 17.1 Å². The number of halogens is 6. The molecule has 0 fully saturated rings. The van der Waals surface area contributed by atoms with E-state index >= 15 is 0 Å². The number of ether oxygens (including phenoxy) is 1. The van der Waals surface area contributed by atoms with E-state index in [-0.39, 0.29) is 22.9 Å². The average Bonchev–Trinajstić information content (AvgIpc) is 2.81. The van der Waals surface area contributed by atoms with Crippen LogP contribution in [-0.2, 0) is 0 Å². The van der Waals surface area contributed by atoms with Crippen LogP contribution in [0.4, 0.5) is 39.5 Å². The number of anilines is 3. The first kappa shape index (κ1) is 24.7. The van der Waals surface area contributed by atoms with Gasteiger partial charge in [-0.25, -0.2) is 19.2 Å². The Morgan fingerprint density at radius 3 is 2.22 bits per heavy atom. The van der Waals surface area contributed by atoms with Crippen molar-refractivity contribution in [2.75, 3.05) is 10.7 Å². The zero-order valence-corrected chi connectivity index (χ0v) is 18.5. The highest BCUT2D eigenvalue weighted by Gasteiger charge is 2.30. The zero-order valence-electron chi connectivity index (χ0n) is 17.8. The van der Waals surface area contributed by atoms with Gasteiger partial charge in [-0.1, -0.05) is 17.7 Å². The Morgan fingerprint density at radius 1 is 0.889 bits per heavy atom. The topological polar surface area (TPSA) is 97.2 Å². The molecule has 2 heterocycles. The van der Waals surface area contributed by atoms with Crippen molar-refractivity contribution < 1.29 is 26.7 Å². The molecular formula is C22H13ClF5N7O. The molecule has 0 spiro atoms. The van der Waals surface area contributed by atoms with Crippen LogP contribution < -0.4 is 15.5 Å². The molecule has 0 saturated heterocycles. The number of hydrogen-bond acceptors (Lipinski definition) is 8. The lowest BCUT2D eigenvalue weighted by molar-refractivity contribution is -0.274. The highest BCUT2D eigenvalue weighted by Crippen LogP contribution is 2.26. The molecule has 0 atom stereocenters. The normalized spacial score (nSPS) is 11.5. The largest absolute Gasteiger partial charge is 0.573 e. The third-order valence-electron chi connectivity index (χ3n) is 4.30. The van der Waals surface area contributed by atoms with E-state index in [1.807, 2.05) is 0 Å². The van der Waals surface area contributed by atoms with Crippen molar-refractivity contribution in [1.29, 1.82) is 0 Å². The molecule has 0 saturated carbocycles. The van der Waals surface area contributed by atoms with Crippen LogP contribution in [0, 0.1) is 11.6 Å². The average molecular weight is 522 g/mol. The van der Waals surface area contributed by atoms with Crippen molar-refractivity contribution in [3.05, 3.63) is 83.1 Å². The standard InChI is InChI=1S/C22H13ClF5N7O/c23-17-9-6-13(11-29-17)31-20-32-19(18-15(24)2-1-3-16(18)25)33-21(34-20)35-30-10-12-4-7-14(8-5-12)36-22(26,27)28/h1-11H,(H2,31,32,33,34,35). The fourth-order valence-corrected chi connectivity index (χ4v) is 2.92. The third kappa shape index (κ3) is 6.60. The van der Waals surface area contributed by atoms with Gasteiger partial charge in [0.25, 0.3) is 0 Å². The summed E-state index contributed by atoms with van der Waals surface area (Å²) in [6.45, 7) is 0. The maximum absolute atomic E-state index is 14.4. The SMILES string of the molecule is Fc1cccc(F)c1-c1nc(NN=Cc2ccc(OC(F)(F)F)cc2)nc(Nc2ccc(Cl)nc2)n1. The number of benzene rings is 2. The van der Waals surface area contributed by atoms with Crippen LogP contribution in [0.15, 0.2) is 65.9 Å². The van der Waals surface area contributed by atoms with Gasteiger partial charge in [-0.05, 0) is 54.1 Å². The van der Waals surface area contributed by atoms with Crippen molar-refractivity contribution in [1.82, 2.24) is 19.9 Å². The Bertz CT molecular complexity index is 1360. The molecule has 36 heavy (non-hydrogen) atoms. The number of hydrogen-bond donors (Lipinski definition) is 2. The van der Waals surface area contributed by atoms with Crippen LogP contribution in [0.3, 0.4) is 0 Å². The number of nitrogens with one attached hydrogen (secondary N) is 2. The Hall–Kier alpha value is -4.39. The molecular weight excluding hydrogens is 509 g/mol. The van der Waals surface area contributed by atoms with E-state index in [2.05, 4.69) is 40.5 Å². The summed E-state index contributed by atoms with van der Waals surface area (Å²) in [5, 5.41) is 7.00. The van der Waals surface area contributed by atoms with E-state index in [1.54, 1.807) is 6.07 Å². The molecule has 0 aliphatic carbocycles. The lowest BCUT2D eigenvalue weighted by atomic mass is 10.2. The summed E-state index contributed by atoms with van der Waals surface area (Å²) in [5.74, 6) is -2.77. The Morgan fingerprint density at radius 2 is 1.58 bits per heavy atom. The van der Waals surface area contributed by atoms with Crippen LogP contribution >= 0.6 is 11.6 Å². The number of rotatable bonds is 7. The second-order valence-electron chi connectivity index (χ2n) is 6.88. The summed E-state index contributed by atoms with van der Waals surface area (Å²) in [6.07, 6.45) is -2.15. The molecule has 0 bridgehead atoms. The minimum absolute atomic E-state index is 0.0851. The summed E-state index contributed by atoms with van der Waals surface area (Å²) in [5.41, 5.74) is 2.87. The number of aromatic nitrogens is 4. The summed E-state index contributed by atoms with van der Waals surface area (Å²) < 4.78 is 69.4. The van der Waals surface area contributed by atoms with Gasteiger partial charge in [0.2, 0.25) is 11.9 Å². The van der Waals surface area contributed by atoms with E-state index in [9.17, 15) is 22.0 Å². The fraction of sp³-hybridized carbons (Fsp3) is 0.0455. The molecule has 0 aliphatic rings. The molecule has 0 unspecified atom stereocenters. The predicted molar refractivity (Wildman–Crippen MR) is 122 cm³/mol. The van der Waals surface area contributed by atoms with E-state index in [0.717, 1.165) is 24.3 Å². The number of pyridine rings is 1.